The molecule has 0 aliphatic carbocycles. The van der Waals surface area contributed by atoms with Gasteiger partial charge in [0.1, 0.15) is 12.4 Å². The first kappa shape index (κ1) is 21.6. The fraction of sp³-hybridized carbons (Fsp3) is 0.0833. The van der Waals surface area contributed by atoms with E-state index in [-0.39, 0.29) is 6.61 Å². The van der Waals surface area contributed by atoms with Crippen LogP contribution in [0.25, 0.3) is 0 Å². The smallest absolute Gasteiger partial charge is 0.281 e. The van der Waals surface area contributed by atoms with E-state index in [1.807, 2.05) is 18.2 Å². The van der Waals surface area contributed by atoms with E-state index in [0.717, 1.165) is 9.13 Å². The third-order valence-corrected chi connectivity index (χ3v) is 5.20. The molecule has 6 heteroatoms. The monoisotopic (exact) mass is 510 g/mol. The Kier molecular flexibility index (Phi) is 7.22. The molecule has 1 amide bonds. The highest BCUT2D eigenvalue weighted by Gasteiger charge is 2.39. The van der Waals surface area contributed by atoms with Gasteiger partial charge in [0.25, 0.3) is 5.91 Å². The summed E-state index contributed by atoms with van der Waals surface area (Å²) in [4.78, 5) is 13.0. The number of hydrazone groups is 1. The summed E-state index contributed by atoms with van der Waals surface area (Å²) in [5, 5.41) is 15.4. The zero-order valence-corrected chi connectivity index (χ0v) is 18.1. The van der Waals surface area contributed by atoms with Crippen LogP contribution >= 0.6 is 22.6 Å². The van der Waals surface area contributed by atoms with E-state index in [1.54, 1.807) is 60.7 Å². The number of carbonyl (C=O) groups excluding carboxylic acids is 1. The van der Waals surface area contributed by atoms with Crippen molar-refractivity contribution in [2.45, 2.75) is 5.60 Å². The first-order valence-corrected chi connectivity index (χ1v) is 10.2. The van der Waals surface area contributed by atoms with Gasteiger partial charge in [0.15, 0.2) is 5.60 Å². The van der Waals surface area contributed by atoms with E-state index < -0.39 is 11.5 Å². The number of nitrogens with one attached hydrogen (secondary N) is 1. The number of nitrogens with zero attached hydrogens (tertiary/aromatic N) is 1. The summed E-state index contributed by atoms with van der Waals surface area (Å²) >= 11 is 2.14. The maximum Gasteiger partial charge on any atom is 0.281 e. The third kappa shape index (κ3) is 4.87. The van der Waals surface area contributed by atoms with E-state index >= 15 is 0 Å². The normalized spacial score (nSPS) is 11.1. The minimum Gasteiger partial charge on any atom is -0.480 e. The van der Waals surface area contributed by atoms with Gasteiger partial charge in [0.2, 0.25) is 0 Å². The van der Waals surface area contributed by atoms with E-state index in [1.165, 1.54) is 6.21 Å². The summed E-state index contributed by atoms with van der Waals surface area (Å²) in [6, 6.07) is 23.0. The lowest BCUT2D eigenvalue weighted by atomic mass is 9.85. The van der Waals surface area contributed by atoms with Crippen LogP contribution < -0.4 is 10.2 Å². The molecule has 0 unspecified atom stereocenters. The summed E-state index contributed by atoms with van der Waals surface area (Å²) in [6.45, 7) is 0.192. The van der Waals surface area contributed by atoms with Gasteiger partial charge in [-0.25, -0.2) is 5.43 Å². The molecule has 0 spiro atoms. The summed E-state index contributed by atoms with van der Waals surface area (Å²) < 4.78 is 6.30. The Balaban J connectivity index is 1.80. The van der Waals surface area contributed by atoms with Gasteiger partial charge in [-0.05, 0) is 57.5 Å². The summed E-state index contributed by atoms with van der Waals surface area (Å²) in [5.74, 6) is 2.45. The second-order valence-corrected chi connectivity index (χ2v) is 7.49. The van der Waals surface area contributed by atoms with Crippen LogP contribution in [0, 0.1) is 15.9 Å². The number of ether oxygens (including phenoxy) is 1. The number of hydrogen-bond acceptors (Lipinski definition) is 4. The van der Waals surface area contributed by atoms with Crippen molar-refractivity contribution >= 4 is 34.7 Å². The van der Waals surface area contributed by atoms with Crippen molar-refractivity contribution in [1.29, 1.82) is 0 Å². The quantitative estimate of drug-likeness (QED) is 0.221. The topological polar surface area (TPSA) is 70.9 Å². The molecule has 3 rings (SSSR count). The first-order valence-electron chi connectivity index (χ1n) is 9.08. The van der Waals surface area contributed by atoms with Gasteiger partial charge < -0.3 is 9.84 Å². The first-order chi connectivity index (χ1) is 14.6. The second kappa shape index (κ2) is 10.1. The summed E-state index contributed by atoms with van der Waals surface area (Å²) in [5.41, 5.74) is 2.25. The zero-order chi connectivity index (χ0) is 21.4. The van der Waals surface area contributed by atoms with Crippen LogP contribution in [-0.2, 0) is 10.4 Å². The van der Waals surface area contributed by atoms with E-state index in [0.29, 0.717) is 16.9 Å². The van der Waals surface area contributed by atoms with E-state index in [9.17, 15) is 9.90 Å². The lowest BCUT2D eigenvalue weighted by Gasteiger charge is -2.27. The molecule has 0 bridgehead atoms. The molecule has 0 aliphatic heterocycles. The molecule has 30 heavy (non-hydrogen) atoms. The SMILES string of the molecule is C#CCOc1ccc(/C=N/NC(=O)C(O)(c2ccccc2)c2ccccc2)cc1I. The number of aliphatic hydroxyl groups is 1. The third-order valence-electron chi connectivity index (χ3n) is 4.36. The fourth-order valence-electron chi connectivity index (χ4n) is 2.87. The molecule has 3 aromatic carbocycles. The number of hydrogen-bond donors (Lipinski definition) is 2. The Labute approximate surface area is 188 Å². The van der Waals surface area contributed by atoms with Crippen LogP contribution in [-0.4, -0.2) is 23.8 Å². The van der Waals surface area contributed by atoms with Gasteiger partial charge in [-0.3, -0.25) is 4.79 Å². The van der Waals surface area contributed by atoms with Crippen molar-refractivity contribution in [3.05, 3.63) is 99.1 Å². The largest absolute Gasteiger partial charge is 0.480 e. The van der Waals surface area contributed by atoms with Crippen LogP contribution in [0.2, 0.25) is 0 Å². The molecule has 0 atom stereocenters. The van der Waals surface area contributed by atoms with Gasteiger partial charge in [-0.1, -0.05) is 66.6 Å². The molecule has 0 heterocycles. The van der Waals surface area contributed by atoms with Gasteiger partial charge in [0, 0.05) is 0 Å². The Morgan fingerprint density at radius 2 is 1.70 bits per heavy atom. The Morgan fingerprint density at radius 3 is 2.23 bits per heavy atom. The average Bonchev–Trinajstić information content (AvgIpc) is 2.79. The van der Waals surface area contributed by atoms with Gasteiger partial charge in [-0.15, -0.1) is 6.42 Å². The number of carbonyl (C=O) groups is 1. The van der Waals surface area contributed by atoms with Crippen LogP contribution in [0.5, 0.6) is 5.75 Å². The van der Waals surface area contributed by atoms with Gasteiger partial charge >= 0.3 is 0 Å². The average molecular weight is 510 g/mol. The van der Waals surface area contributed by atoms with Crippen LogP contribution in [0.3, 0.4) is 0 Å². The minimum atomic E-state index is -1.87. The molecule has 2 N–H and O–H groups in total. The van der Waals surface area contributed by atoms with Crippen molar-refractivity contribution in [3.8, 4) is 18.1 Å². The van der Waals surface area contributed by atoms with Gasteiger partial charge in [-0.2, -0.15) is 5.10 Å². The molecule has 0 radical (unpaired) electrons. The highest BCUT2D eigenvalue weighted by molar-refractivity contribution is 14.1. The highest BCUT2D eigenvalue weighted by Crippen LogP contribution is 2.29. The molecule has 0 saturated carbocycles. The molecule has 0 aliphatic rings. The maximum atomic E-state index is 13.0. The van der Waals surface area contributed by atoms with E-state index in [2.05, 4.69) is 39.0 Å². The van der Waals surface area contributed by atoms with Crippen molar-refractivity contribution < 1.29 is 14.6 Å². The van der Waals surface area contributed by atoms with Crippen molar-refractivity contribution in [2.75, 3.05) is 6.61 Å². The molecule has 0 fully saturated rings. The van der Waals surface area contributed by atoms with E-state index in [4.69, 9.17) is 11.2 Å². The Hall–Kier alpha value is -3.15. The zero-order valence-electron chi connectivity index (χ0n) is 16.0. The molecule has 0 aromatic heterocycles. The number of amides is 1. The lowest BCUT2D eigenvalue weighted by molar-refractivity contribution is -0.136. The molecule has 150 valence electrons. The van der Waals surface area contributed by atoms with Gasteiger partial charge in [0.05, 0.1) is 9.78 Å². The number of halogens is 1. The fourth-order valence-corrected chi connectivity index (χ4v) is 3.56. The van der Waals surface area contributed by atoms with Crippen molar-refractivity contribution in [1.82, 2.24) is 5.43 Å². The standard InChI is InChI=1S/C24H19IN2O3/c1-2-15-30-22-14-13-18(16-21(22)25)17-26-27-23(28)24(29,19-9-5-3-6-10-19)20-11-7-4-8-12-20/h1,3-14,16-17,29H,15H2,(H,27,28)/b26-17+. The predicted molar refractivity (Wildman–Crippen MR) is 125 cm³/mol. The van der Waals surface area contributed by atoms with Crippen LogP contribution in [0.15, 0.2) is 84.0 Å². The molecular formula is C24H19IN2O3. The lowest BCUT2D eigenvalue weighted by Crippen LogP contribution is -2.43. The predicted octanol–water partition coefficient (Wildman–Crippen LogP) is 3.69. The van der Waals surface area contributed by atoms with Crippen LogP contribution in [0.1, 0.15) is 16.7 Å². The van der Waals surface area contributed by atoms with Crippen molar-refractivity contribution in [3.63, 3.8) is 0 Å². The Morgan fingerprint density at radius 1 is 1.10 bits per heavy atom. The molecule has 5 nitrogen and oxygen atoms in total. The Bertz CT molecular complexity index is 1040. The number of terminal acetylenes is 1. The number of rotatable bonds is 7. The molecular weight excluding hydrogens is 491 g/mol. The van der Waals surface area contributed by atoms with Crippen LogP contribution in [0.4, 0.5) is 0 Å². The summed E-state index contributed by atoms with van der Waals surface area (Å²) in [7, 11) is 0. The summed E-state index contributed by atoms with van der Waals surface area (Å²) in [6.07, 6.45) is 6.71. The molecule has 0 saturated heterocycles. The maximum absolute atomic E-state index is 13.0. The number of benzene rings is 3. The minimum absolute atomic E-state index is 0.192. The second-order valence-electron chi connectivity index (χ2n) is 6.32. The highest BCUT2D eigenvalue weighted by atomic mass is 127. The van der Waals surface area contributed by atoms with Crippen molar-refractivity contribution in [2.24, 2.45) is 5.10 Å². The molecule has 3 aromatic rings.